The van der Waals surface area contributed by atoms with E-state index in [0.29, 0.717) is 32.1 Å². The number of methoxy groups -OCH3 is 1. The molecule has 2 aliphatic heterocycles. The van der Waals surface area contributed by atoms with Crippen LogP contribution in [0.2, 0.25) is 0 Å². The fourth-order valence-corrected chi connectivity index (χ4v) is 3.79. The summed E-state index contributed by atoms with van der Waals surface area (Å²) in [4.78, 5) is 28.4. The van der Waals surface area contributed by atoms with Crippen LogP contribution in [-0.2, 0) is 20.9 Å². The first kappa shape index (κ1) is 18.8. The lowest BCUT2D eigenvalue weighted by atomic mass is 9.96. The van der Waals surface area contributed by atoms with E-state index in [1.807, 2.05) is 15.6 Å². The molecular weight excluding hydrogens is 334 g/mol. The van der Waals surface area contributed by atoms with Crippen molar-refractivity contribution < 1.29 is 14.3 Å². The van der Waals surface area contributed by atoms with E-state index in [1.54, 1.807) is 11.1 Å². The predicted molar refractivity (Wildman–Crippen MR) is 96.7 cm³/mol. The third kappa shape index (κ3) is 4.62. The summed E-state index contributed by atoms with van der Waals surface area (Å²) in [6.07, 6.45) is 4.86. The van der Waals surface area contributed by atoms with Gasteiger partial charge in [-0.25, -0.2) is 0 Å². The molecule has 2 fully saturated rings. The fourth-order valence-electron chi connectivity index (χ4n) is 3.79. The summed E-state index contributed by atoms with van der Waals surface area (Å²) in [5.74, 6) is 0.478. The highest BCUT2D eigenvalue weighted by Gasteiger charge is 2.24. The lowest BCUT2D eigenvalue weighted by Crippen LogP contribution is -2.40. The summed E-state index contributed by atoms with van der Waals surface area (Å²) in [6, 6.07) is 2.03. The Morgan fingerprint density at radius 3 is 2.65 bits per heavy atom. The molecule has 144 valence electrons. The van der Waals surface area contributed by atoms with Gasteiger partial charge in [-0.15, -0.1) is 0 Å². The van der Waals surface area contributed by atoms with Crippen LogP contribution in [0.4, 0.5) is 0 Å². The largest absolute Gasteiger partial charge is 0.375 e. The number of nitrogens with zero attached hydrogens (tertiary/aromatic N) is 4. The van der Waals surface area contributed by atoms with Crippen LogP contribution in [0.25, 0.3) is 0 Å². The van der Waals surface area contributed by atoms with E-state index >= 15 is 0 Å². The van der Waals surface area contributed by atoms with Gasteiger partial charge in [0.2, 0.25) is 11.8 Å². The first-order valence-corrected chi connectivity index (χ1v) is 9.46. The second kappa shape index (κ2) is 9.14. The average molecular weight is 363 g/mol. The Morgan fingerprint density at radius 1 is 1.19 bits per heavy atom. The van der Waals surface area contributed by atoms with Gasteiger partial charge in [0.05, 0.1) is 0 Å². The zero-order valence-corrected chi connectivity index (χ0v) is 15.5. The quantitative estimate of drug-likeness (QED) is 0.800. The van der Waals surface area contributed by atoms with E-state index in [1.165, 1.54) is 7.11 Å². The predicted octanol–water partition coefficient (Wildman–Crippen LogP) is 0.0574. The van der Waals surface area contributed by atoms with Crippen LogP contribution in [0.1, 0.15) is 30.9 Å². The average Bonchev–Trinajstić information content (AvgIpc) is 2.96. The molecule has 0 bridgehead atoms. The molecule has 0 spiro atoms. The van der Waals surface area contributed by atoms with E-state index in [9.17, 15) is 9.59 Å². The van der Waals surface area contributed by atoms with Crippen LogP contribution in [0, 0.1) is 0 Å². The van der Waals surface area contributed by atoms with Crippen LogP contribution >= 0.6 is 0 Å². The minimum absolute atomic E-state index is 0.0130. The van der Waals surface area contributed by atoms with Gasteiger partial charge in [0.25, 0.3) is 0 Å². The molecule has 2 aliphatic rings. The highest BCUT2D eigenvalue weighted by Crippen LogP contribution is 2.22. The van der Waals surface area contributed by atoms with Crippen LogP contribution in [0.3, 0.4) is 0 Å². The van der Waals surface area contributed by atoms with Gasteiger partial charge in [-0.05, 0) is 31.9 Å². The Kier molecular flexibility index (Phi) is 6.62. The summed E-state index contributed by atoms with van der Waals surface area (Å²) in [7, 11) is 1.52. The summed E-state index contributed by atoms with van der Waals surface area (Å²) in [5.41, 5.74) is 1.14. The van der Waals surface area contributed by atoms with Crippen LogP contribution in [-0.4, -0.2) is 84.4 Å². The fraction of sp³-hybridized carbons (Fsp3) is 0.722. The van der Waals surface area contributed by atoms with E-state index in [0.717, 1.165) is 38.0 Å². The van der Waals surface area contributed by atoms with E-state index in [-0.39, 0.29) is 25.0 Å². The van der Waals surface area contributed by atoms with E-state index < -0.39 is 0 Å². The Morgan fingerprint density at radius 2 is 1.96 bits per heavy atom. The van der Waals surface area contributed by atoms with Gasteiger partial charge < -0.3 is 19.9 Å². The first-order chi connectivity index (χ1) is 12.7. The molecular formula is C18H29N5O3. The molecule has 26 heavy (non-hydrogen) atoms. The molecule has 1 atom stereocenters. The summed E-state index contributed by atoms with van der Waals surface area (Å²) < 4.78 is 6.77. The van der Waals surface area contributed by atoms with Crippen LogP contribution in [0.5, 0.6) is 0 Å². The van der Waals surface area contributed by atoms with E-state index in [2.05, 4.69) is 10.4 Å². The second-order valence-electron chi connectivity index (χ2n) is 7.01. The highest BCUT2D eigenvalue weighted by molar-refractivity contribution is 5.78. The molecule has 1 aromatic rings. The SMILES string of the molecule is COCC(=O)N1CCCN(C(=O)Cn2nccc2[C@H]2CCCNC2)CC1. The van der Waals surface area contributed by atoms with Crippen molar-refractivity contribution >= 4 is 11.8 Å². The third-order valence-electron chi connectivity index (χ3n) is 5.22. The summed E-state index contributed by atoms with van der Waals surface area (Å²) in [5, 5.41) is 7.79. The van der Waals surface area contributed by atoms with Crippen molar-refractivity contribution in [3.63, 3.8) is 0 Å². The molecule has 3 rings (SSSR count). The topological polar surface area (TPSA) is 79.7 Å². The molecule has 3 heterocycles. The van der Waals surface area contributed by atoms with Gasteiger partial charge in [0.1, 0.15) is 13.2 Å². The standard InChI is InChI=1S/C18H29N5O3/c1-26-14-18(25)22-9-3-8-21(10-11-22)17(24)13-23-16(5-7-20-23)15-4-2-6-19-12-15/h5,7,15,19H,2-4,6,8-14H2,1H3/t15-/m0/s1. The maximum atomic E-state index is 12.8. The smallest absolute Gasteiger partial charge is 0.248 e. The van der Waals surface area contributed by atoms with Crippen molar-refractivity contribution in [1.29, 1.82) is 0 Å². The lowest BCUT2D eigenvalue weighted by Gasteiger charge is -2.25. The molecule has 8 heteroatoms. The van der Waals surface area contributed by atoms with Crippen molar-refractivity contribution in [1.82, 2.24) is 24.9 Å². The Labute approximate surface area is 154 Å². The third-order valence-corrected chi connectivity index (χ3v) is 5.22. The number of piperidine rings is 1. The number of ether oxygens (including phenoxy) is 1. The number of nitrogens with one attached hydrogen (secondary N) is 1. The molecule has 8 nitrogen and oxygen atoms in total. The summed E-state index contributed by atoms with van der Waals surface area (Å²) in [6.45, 7) is 4.85. The number of carbonyl (C=O) groups excluding carboxylic acids is 2. The Balaban J connectivity index is 1.57. The normalized spacial score (nSPS) is 21.5. The number of hydrogen-bond donors (Lipinski definition) is 1. The van der Waals surface area contributed by atoms with E-state index in [4.69, 9.17) is 4.74 Å². The molecule has 0 aromatic carbocycles. The molecule has 0 radical (unpaired) electrons. The van der Waals surface area contributed by atoms with Crippen molar-refractivity contribution in [2.24, 2.45) is 0 Å². The van der Waals surface area contributed by atoms with Crippen molar-refractivity contribution in [3.8, 4) is 0 Å². The van der Waals surface area contributed by atoms with Crippen molar-refractivity contribution in [2.75, 3.05) is 53.0 Å². The molecule has 1 aromatic heterocycles. The summed E-state index contributed by atoms with van der Waals surface area (Å²) >= 11 is 0. The molecule has 0 aliphatic carbocycles. The molecule has 0 saturated carbocycles. The van der Waals surface area contributed by atoms with Gasteiger partial charge in [-0.2, -0.15) is 5.10 Å². The van der Waals surface area contributed by atoms with Gasteiger partial charge >= 0.3 is 0 Å². The Bertz CT molecular complexity index is 612. The lowest BCUT2D eigenvalue weighted by molar-refractivity contribution is -0.136. The second-order valence-corrected chi connectivity index (χ2v) is 7.01. The molecule has 1 N–H and O–H groups in total. The van der Waals surface area contributed by atoms with Gasteiger partial charge in [-0.1, -0.05) is 0 Å². The number of aromatic nitrogens is 2. The number of hydrogen-bond acceptors (Lipinski definition) is 5. The maximum absolute atomic E-state index is 12.8. The Hall–Kier alpha value is -1.93. The van der Waals surface area contributed by atoms with Crippen LogP contribution in [0.15, 0.2) is 12.3 Å². The van der Waals surface area contributed by atoms with Crippen molar-refractivity contribution in [3.05, 3.63) is 18.0 Å². The minimum Gasteiger partial charge on any atom is -0.375 e. The molecule has 2 saturated heterocycles. The van der Waals surface area contributed by atoms with Gasteiger partial charge in [-0.3, -0.25) is 14.3 Å². The van der Waals surface area contributed by atoms with Crippen LogP contribution < -0.4 is 5.32 Å². The monoisotopic (exact) mass is 363 g/mol. The zero-order chi connectivity index (χ0) is 18.4. The first-order valence-electron chi connectivity index (χ1n) is 9.46. The molecule has 2 amide bonds. The highest BCUT2D eigenvalue weighted by atomic mass is 16.5. The van der Waals surface area contributed by atoms with Gasteiger partial charge in [0.15, 0.2) is 0 Å². The number of rotatable bonds is 5. The number of amides is 2. The maximum Gasteiger partial charge on any atom is 0.248 e. The molecule has 0 unspecified atom stereocenters. The van der Waals surface area contributed by atoms with Crippen molar-refractivity contribution in [2.45, 2.75) is 31.7 Å². The zero-order valence-electron chi connectivity index (χ0n) is 15.5. The number of carbonyl (C=O) groups is 2. The van der Waals surface area contributed by atoms with Gasteiger partial charge in [0, 0.05) is 57.6 Å². The minimum atomic E-state index is -0.0130.